The highest BCUT2D eigenvalue weighted by Crippen LogP contribution is 2.32. The van der Waals surface area contributed by atoms with Gasteiger partial charge in [0, 0.05) is 6.54 Å². The van der Waals surface area contributed by atoms with Gasteiger partial charge in [-0.15, -0.1) is 0 Å². The minimum absolute atomic E-state index is 0.156. The quantitative estimate of drug-likeness (QED) is 0.684. The van der Waals surface area contributed by atoms with Crippen LogP contribution in [0.15, 0.2) is 64.5 Å². The Balaban J connectivity index is 1.90. The van der Waals surface area contributed by atoms with Crippen molar-refractivity contribution in [3.8, 4) is 0 Å². The lowest BCUT2D eigenvalue weighted by atomic mass is 10.1. The number of esters is 1. The highest BCUT2D eigenvalue weighted by atomic mass is 32.2. The van der Waals surface area contributed by atoms with Crippen LogP contribution in [0.2, 0.25) is 0 Å². The summed E-state index contributed by atoms with van der Waals surface area (Å²) in [4.78, 5) is 16.7. The van der Waals surface area contributed by atoms with E-state index >= 15 is 0 Å². The molecule has 2 aromatic carbocycles. The van der Waals surface area contributed by atoms with Gasteiger partial charge in [-0.25, -0.2) is 13.4 Å². The third-order valence-electron chi connectivity index (χ3n) is 4.19. The maximum absolute atomic E-state index is 13.1. The molecule has 7 heteroatoms. The molecule has 0 aliphatic carbocycles. The van der Waals surface area contributed by atoms with Crippen LogP contribution in [0.4, 0.5) is 5.69 Å². The predicted molar refractivity (Wildman–Crippen MR) is 103 cm³/mol. The average Bonchev–Trinajstić information content (AvgIpc) is 2.67. The molecule has 6 nitrogen and oxygen atoms in total. The molecule has 3 rings (SSSR count). The molecule has 0 N–H and O–H groups in total. The summed E-state index contributed by atoms with van der Waals surface area (Å²) >= 11 is 0. The number of rotatable bonds is 7. The van der Waals surface area contributed by atoms with Gasteiger partial charge in [-0.1, -0.05) is 49.4 Å². The Morgan fingerprint density at radius 2 is 1.78 bits per heavy atom. The number of nitrogens with zero attached hydrogens (tertiary/aromatic N) is 2. The molecule has 0 unspecified atom stereocenters. The first kappa shape index (κ1) is 19.1. The number of fused-ring (bicyclic) bond motifs is 1. The maximum Gasteiger partial charge on any atom is 0.313 e. The lowest BCUT2D eigenvalue weighted by Gasteiger charge is -2.29. The van der Waals surface area contributed by atoms with Crippen LogP contribution in [0.25, 0.3) is 0 Å². The van der Waals surface area contributed by atoms with Gasteiger partial charge in [0.15, 0.2) is 0 Å². The Bertz CT molecular complexity index is 939. The zero-order valence-electron chi connectivity index (χ0n) is 15.2. The SMILES string of the molecule is CCCOC(=O)CC1=Nc2ccccc2S(=O)(=O)N1CCc1ccccc1. The van der Waals surface area contributed by atoms with Crippen molar-refractivity contribution in [2.75, 3.05) is 13.2 Å². The third kappa shape index (κ3) is 4.36. The molecule has 0 saturated carbocycles. The number of benzene rings is 2. The zero-order valence-corrected chi connectivity index (χ0v) is 16.0. The van der Waals surface area contributed by atoms with Crippen LogP contribution in [0.1, 0.15) is 25.3 Å². The summed E-state index contributed by atoms with van der Waals surface area (Å²) in [7, 11) is -3.77. The number of carbonyl (C=O) groups excluding carboxylic acids is 1. The zero-order chi connectivity index (χ0) is 19.3. The number of hydrogen-bond donors (Lipinski definition) is 0. The number of aliphatic imine (C=N–C) groups is 1. The summed E-state index contributed by atoms with van der Waals surface area (Å²) in [6.07, 6.45) is 1.05. The van der Waals surface area contributed by atoms with Crippen molar-refractivity contribution >= 4 is 27.5 Å². The van der Waals surface area contributed by atoms with Gasteiger partial charge in [0.05, 0.1) is 12.3 Å². The Labute approximate surface area is 159 Å². The molecular weight excluding hydrogens is 364 g/mol. The Kier molecular flexibility index (Phi) is 5.91. The standard InChI is InChI=1S/C20H22N2O4S/c1-2-14-26-20(23)15-19-21-17-10-6-7-11-18(17)27(24,25)22(19)13-12-16-8-4-3-5-9-16/h3-11H,2,12-15H2,1H3. The molecule has 1 aliphatic heterocycles. The Morgan fingerprint density at radius 1 is 1.07 bits per heavy atom. The fourth-order valence-electron chi connectivity index (χ4n) is 2.87. The van der Waals surface area contributed by atoms with Crippen LogP contribution >= 0.6 is 0 Å². The largest absolute Gasteiger partial charge is 0.465 e. The maximum atomic E-state index is 13.1. The first-order valence-corrected chi connectivity index (χ1v) is 10.3. The van der Waals surface area contributed by atoms with Crippen LogP contribution in [0.3, 0.4) is 0 Å². The van der Waals surface area contributed by atoms with Crippen molar-refractivity contribution in [3.63, 3.8) is 0 Å². The molecule has 0 amide bonds. The molecule has 0 aromatic heterocycles. The summed E-state index contributed by atoms with van der Waals surface area (Å²) in [5.74, 6) is -0.277. The van der Waals surface area contributed by atoms with Gasteiger partial charge in [-0.3, -0.25) is 9.10 Å². The van der Waals surface area contributed by atoms with Crippen molar-refractivity contribution in [1.82, 2.24) is 4.31 Å². The number of sulfonamides is 1. The third-order valence-corrected chi connectivity index (χ3v) is 6.06. The molecule has 0 radical (unpaired) electrons. The second-order valence-electron chi connectivity index (χ2n) is 6.21. The van der Waals surface area contributed by atoms with Crippen molar-refractivity contribution < 1.29 is 17.9 Å². The van der Waals surface area contributed by atoms with Gasteiger partial charge >= 0.3 is 5.97 Å². The van der Waals surface area contributed by atoms with E-state index in [1.54, 1.807) is 18.2 Å². The highest BCUT2D eigenvalue weighted by Gasteiger charge is 2.34. The van der Waals surface area contributed by atoms with E-state index in [0.717, 1.165) is 5.56 Å². The van der Waals surface area contributed by atoms with E-state index in [9.17, 15) is 13.2 Å². The number of para-hydroxylation sites is 1. The van der Waals surface area contributed by atoms with Crippen molar-refractivity contribution in [2.45, 2.75) is 31.1 Å². The summed E-state index contributed by atoms with van der Waals surface area (Å²) in [5, 5.41) is 0. The molecule has 1 heterocycles. The number of carbonyl (C=O) groups is 1. The lowest BCUT2D eigenvalue weighted by molar-refractivity contribution is -0.142. The van der Waals surface area contributed by atoms with Gasteiger partial charge in [0.1, 0.15) is 17.2 Å². The fourth-order valence-corrected chi connectivity index (χ4v) is 4.45. The lowest BCUT2D eigenvalue weighted by Crippen LogP contribution is -2.41. The average molecular weight is 386 g/mol. The van der Waals surface area contributed by atoms with E-state index in [0.29, 0.717) is 25.1 Å². The van der Waals surface area contributed by atoms with E-state index in [1.165, 1.54) is 10.4 Å². The summed E-state index contributed by atoms with van der Waals surface area (Å²) in [6.45, 7) is 2.41. The van der Waals surface area contributed by atoms with Gasteiger partial charge in [-0.05, 0) is 30.5 Å². The van der Waals surface area contributed by atoms with Crippen molar-refractivity contribution in [2.24, 2.45) is 4.99 Å². The van der Waals surface area contributed by atoms with Crippen molar-refractivity contribution in [3.05, 3.63) is 60.2 Å². The van der Waals surface area contributed by atoms with Crippen LogP contribution in [0.5, 0.6) is 0 Å². The van der Waals surface area contributed by atoms with Crippen LogP contribution < -0.4 is 0 Å². The van der Waals surface area contributed by atoms with Crippen LogP contribution in [-0.4, -0.2) is 37.7 Å². The van der Waals surface area contributed by atoms with E-state index in [1.807, 2.05) is 37.3 Å². The molecule has 27 heavy (non-hydrogen) atoms. The number of ether oxygens (including phenoxy) is 1. The molecule has 1 aliphatic rings. The van der Waals surface area contributed by atoms with Crippen molar-refractivity contribution in [1.29, 1.82) is 0 Å². The first-order valence-electron chi connectivity index (χ1n) is 8.91. The topological polar surface area (TPSA) is 76.0 Å². The number of hydrogen-bond acceptors (Lipinski definition) is 5. The summed E-state index contributed by atoms with van der Waals surface area (Å²) in [6, 6.07) is 16.2. The monoisotopic (exact) mass is 386 g/mol. The normalized spacial score (nSPS) is 15.0. The molecule has 142 valence electrons. The van der Waals surface area contributed by atoms with Gasteiger partial charge in [0.25, 0.3) is 10.0 Å². The molecule has 0 saturated heterocycles. The minimum atomic E-state index is -3.77. The van der Waals surface area contributed by atoms with Gasteiger partial charge in [-0.2, -0.15) is 0 Å². The second-order valence-corrected chi connectivity index (χ2v) is 8.04. The van der Waals surface area contributed by atoms with Gasteiger partial charge < -0.3 is 4.74 Å². The van der Waals surface area contributed by atoms with E-state index in [2.05, 4.69) is 4.99 Å². The molecule has 0 bridgehead atoms. The molecule has 0 spiro atoms. The van der Waals surface area contributed by atoms with Gasteiger partial charge in [0.2, 0.25) is 0 Å². The predicted octanol–water partition coefficient (Wildman–Crippen LogP) is 3.31. The van der Waals surface area contributed by atoms with Crippen LogP contribution in [0, 0.1) is 0 Å². The molecule has 0 atom stereocenters. The number of amidine groups is 1. The summed E-state index contributed by atoms with van der Waals surface area (Å²) in [5.41, 5.74) is 1.37. The van der Waals surface area contributed by atoms with E-state index in [4.69, 9.17) is 4.74 Å². The first-order chi connectivity index (χ1) is 13.0. The molecule has 2 aromatic rings. The molecular formula is C20H22N2O4S. The Hall–Kier alpha value is -2.67. The molecule has 0 fully saturated rings. The Morgan fingerprint density at radius 3 is 2.52 bits per heavy atom. The minimum Gasteiger partial charge on any atom is -0.465 e. The fraction of sp³-hybridized carbons (Fsp3) is 0.300. The van der Waals surface area contributed by atoms with E-state index < -0.39 is 16.0 Å². The highest BCUT2D eigenvalue weighted by molar-refractivity contribution is 7.90. The smallest absolute Gasteiger partial charge is 0.313 e. The van der Waals surface area contributed by atoms with Crippen LogP contribution in [-0.2, 0) is 26.0 Å². The second kappa shape index (κ2) is 8.35. The van der Waals surface area contributed by atoms with E-state index in [-0.39, 0.29) is 23.7 Å². The summed E-state index contributed by atoms with van der Waals surface area (Å²) < 4.78 is 32.6.